The number of nitrogens with zero attached hydrogens (tertiary/aromatic N) is 4. The van der Waals surface area contributed by atoms with Crippen LogP contribution in [0.2, 0.25) is 0 Å². The standard InChI is InChI=1S/C17H23N5O3S/c1-3-4-5-6-7-11-20-15(18)12-16(21-11)22(9-19-12)17-14(24)13(23)10(25-17)8-26-2/h9-10,13-14,17,23-24H,3-5,8H2,1-2H3,(H2,18,20,21)/t10-,13-,14?,17-/m1/s1. The van der Waals surface area contributed by atoms with Gasteiger partial charge in [0.25, 0.3) is 0 Å². The van der Waals surface area contributed by atoms with Crippen LogP contribution in [-0.4, -0.2) is 60.1 Å². The highest BCUT2D eigenvalue weighted by atomic mass is 32.2. The number of thioether (sulfide) groups is 1. The molecule has 9 heteroatoms. The van der Waals surface area contributed by atoms with Crippen LogP contribution in [0.1, 0.15) is 38.2 Å². The maximum atomic E-state index is 10.4. The van der Waals surface area contributed by atoms with Crippen LogP contribution >= 0.6 is 11.8 Å². The molecule has 3 rings (SSSR count). The molecule has 8 nitrogen and oxygen atoms in total. The fraction of sp³-hybridized carbons (Fsp3) is 0.588. The maximum Gasteiger partial charge on any atom is 0.208 e. The van der Waals surface area contributed by atoms with E-state index in [-0.39, 0.29) is 5.82 Å². The second-order valence-electron chi connectivity index (χ2n) is 6.16. The number of fused-ring (bicyclic) bond motifs is 1. The Labute approximate surface area is 156 Å². The van der Waals surface area contributed by atoms with E-state index in [4.69, 9.17) is 10.5 Å². The molecule has 0 bridgehead atoms. The molecule has 140 valence electrons. The zero-order valence-electron chi connectivity index (χ0n) is 14.8. The first-order chi connectivity index (χ1) is 12.6. The van der Waals surface area contributed by atoms with Crippen molar-refractivity contribution in [2.75, 3.05) is 17.7 Å². The Bertz CT molecular complexity index is 831. The molecule has 2 aromatic heterocycles. The Hall–Kier alpha value is -1.86. The van der Waals surface area contributed by atoms with Crippen LogP contribution in [0.25, 0.3) is 11.2 Å². The fourth-order valence-corrected chi connectivity index (χ4v) is 3.45. The predicted molar refractivity (Wildman–Crippen MR) is 100 cm³/mol. The van der Waals surface area contributed by atoms with E-state index in [9.17, 15) is 10.2 Å². The number of aromatic nitrogens is 4. The maximum absolute atomic E-state index is 10.4. The van der Waals surface area contributed by atoms with Crippen molar-refractivity contribution in [1.82, 2.24) is 19.5 Å². The summed E-state index contributed by atoms with van der Waals surface area (Å²) in [4.78, 5) is 12.8. The number of hydrogen-bond acceptors (Lipinski definition) is 8. The lowest BCUT2D eigenvalue weighted by atomic mass is 10.1. The molecule has 1 unspecified atom stereocenters. The van der Waals surface area contributed by atoms with E-state index in [2.05, 4.69) is 33.7 Å². The number of rotatable bonds is 5. The van der Waals surface area contributed by atoms with Crippen molar-refractivity contribution in [3.8, 4) is 11.8 Å². The lowest BCUT2D eigenvalue weighted by Gasteiger charge is -2.16. The van der Waals surface area contributed by atoms with E-state index in [0.29, 0.717) is 22.7 Å². The van der Waals surface area contributed by atoms with Crippen molar-refractivity contribution in [2.24, 2.45) is 0 Å². The van der Waals surface area contributed by atoms with Gasteiger partial charge in [0.15, 0.2) is 17.7 Å². The minimum atomic E-state index is -1.08. The smallest absolute Gasteiger partial charge is 0.208 e. The molecule has 26 heavy (non-hydrogen) atoms. The first-order valence-corrected chi connectivity index (χ1v) is 9.95. The lowest BCUT2D eigenvalue weighted by Crippen LogP contribution is -2.32. The molecule has 4 atom stereocenters. The molecule has 1 fully saturated rings. The minimum absolute atomic E-state index is 0.224. The zero-order chi connectivity index (χ0) is 18.7. The number of hydrogen-bond donors (Lipinski definition) is 3. The summed E-state index contributed by atoms with van der Waals surface area (Å²) in [5.74, 6) is 7.06. The van der Waals surface area contributed by atoms with Crippen LogP contribution in [0.4, 0.5) is 5.82 Å². The average molecular weight is 377 g/mol. The van der Waals surface area contributed by atoms with E-state index in [1.54, 1.807) is 16.3 Å². The molecule has 1 saturated heterocycles. The van der Waals surface area contributed by atoms with E-state index in [1.807, 2.05) is 6.26 Å². The van der Waals surface area contributed by atoms with Gasteiger partial charge in [-0.15, -0.1) is 0 Å². The third-order valence-electron chi connectivity index (χ3n) is 4.25. The third kappa shape index (κ3) is 3.64. The number of nitrogen functional groups attached to an aromatic ring is 1. The quantitative estimate of drug-likeness (QED) is 0.520. The van der Waals surface area contributed by atoms with Gasteiger partial charge < -0.3 is 20.7 Å². The Morgan fingerprint density at radius 3 is 2.88 bits per heavy atom. The number of aliphatic hydroxyl groups is 2. The molecular weight excluding hydrogens is 354 g/mol. The van der Waals surface area contributed by atoms with Crippen molar-refractivity contribution < 1.29 is 14.9 Å². The van der Waals surface area contributed by atoms with E-state index < -0.39 is 24.5 Å². The summed E-state index contributed by atoms with van der Waals surface area (Å²) in [5, 5.41) is 20.6. The van der Waals surface area contributed by atoms with Gasteiger partial charge in [0.1, 0.15) is 17.7 Å². The number of anilines is 1. The average Bonchev–Trinajstić information content (AvgIpc) is 3.16. The van der Waals surface area contributed by atoms with Crippen LogP contribution in [-0.2, 0) is 4.74 Å². The van der Waals surface area contributed by atoms with Gasteiger partial charge in [-0.1, -0.05) is 19.3 Å². The normalized spacial score (nSPS) is 25.4. The summed E-state index contributed by atoms with van der Waals surface area (Å²) in [7, 11) is 0. The van der Waals surface area contributed by atoms with Gasteiger partial charge in [0.05, 0.1) is 12.4 Å². The molecule has 3 heterocycles. The van der Waals surface area contributed by atoms with E-state index in [0.717, 1.165) is 19.3 Å². The van der Waals surface area contributed by atoms with Crippen LogP contribution < -0.4 is 5.73 Å². The Balaban J connectivity index is 1.94. The second-order valence-corrected chi connectivity index (χ2v) is 7.07. The first kappa shape index (κ1) is 18.9. The number of unbranched alkanes of at least 4 members (excludes halogenated alkanes) is 2. The van der Waals surface area contributed by atoms with Crippen LogP contribution in [0.15, 0.2) is 6.33 Å². The lowest BCUT2D eigenvalue weighted by molar-refractivity contribution is -0.0288. The van der Waals surface area contributed by atoms with Crippen molar-refractivity contribution in [2.45, 2.75) is 50.7 Å². The van der Waals surface area contributed by atoms with Gasteiger partial charge in [-0.2, -0.15) is 11.8 Å². The van der Waals surface area contributed by atoms with E-state index in [1.165, 1.54) is 6.33 Å². The summed E-state index contributed by atoms with van der Waals surface area (Å²) in [6.45, 7) is 2.10. The van der Waals surface area contributed by atoms with Crippen molar-refractivity contribution >= 4 is 28.7 Å². The number of nitrogens with two attached hydrogens (primary N) is 1. The highest BCUT2D eigenvalue weighted by molar-refractivity contribution is 7.98. The second kappa shape index (κ2) is 8.22. The molecule has 2 aromatic rings. The van der Waals surface area contributed by atoms with Gasteiger partial charge in [0, 0.05) is 12.2 Å². The van der Waals surface area contributed by atoms with Crippen molar-refractivity contribution in [3.05, 3.63) is 12.2 Å². The predicted octanol–water partition coefficient (Wildman–Crippen LogP) is 0.932. The molecular formula is C17H23N5O3S. The number of aliphatic hydroxyl groups excluding tert-OH is 2. The first-order valence-electron chi connectivity index (χ1n) is 8.56. The Kier molecular flexibility index (Phi) is 5.98. The van der Waals surface area contributed by atoms with Gasteiger partial charge in [-0.25, -0.2) is 15.0 Å². The zero-order valence-corrected chi connectivity index (χ0v) is 15.6. The highest BCUT2D eigenvalue weighted by Crippen LogP contribution is 2.33. The number of ether oxygens (including phenoxy) is 1. The fourth-order valence-electron chi connectivity index (χ4n) is 2.85. The largest absolute Gasteiger partial charge is 0.387 e. The van der Waals surface area contributed by atoms with Gasteiger partial charge >= 0.3 is 0 Å². The summed E-state index contributed by atoms with van der Waals surface area (Å²) < 4.78 is 7.42. The summed E-state index contributed by atoms with van der Waals surface area (Å²) in [6.07, 6.45) is 2.95. The summed E-state index contributed by atoms with van der Waals surface area (Å²) >= 11 is 1.54. The monoisotopic (exact) mass is 377 g/mol. The van der Waals surface area contributed by atoms with Crippen molar-refractivity contribution in [1.29, 1.82) is 0 Å². The Morgan fingerprint density at radius 1 is 1.35 bits per heavy atom. The van der Waals surface area contributed by atoms with Gasteiger partial charge in [-0.3, -0.25) is 4.57 Å². The van der Waals surface area contributed by atoms with E-state index >= 15 is 0 Å². The van der Waals surface area contributed by atoms with Gasteiger partial charge in [-0.05, 0) is 18.6 Å². The molecule has 1 aliphatic rings. The van der Waals surface area contributed by atoms with Crippen molar-refractivity contribution in [3.63, 3.8) is 0 Å². The molecule has 0 radical (unpaired) electrons. The molecule has 0 aromatic carbocycles. The molecule has 0 saturated carbocycles. The van der Waals surface area contributed by atoms with Crippen LogP contribution in [0, 0.1) is 11.8 Å². The minimum Gasteiger partial charge on any atom is -0.387 e. The topological polar surface area (TPSA) is 119 Å². The SMILES string of the molecule is CCCCC#Cc1nc(N)c2ncn([C@@H]3O[C@H](CSC)[C@@H](O)C3O)c2n1. The third-order valence-corrected chi connectivity index (χ3v) is 4.91. The van der Waals surface area contributed by atoms with Crippen LogP contribution in [0.5, 0.6) is 0 Å². The highest BCUT2D eigenvalue weighted by Gasteiger charge is 2.44. The Morgan fingerprint density at radius 2 is 2.15 bits per heavy atom. The summed E-state index contributed by atoms with van der Waals surface area (Å²) in [5.41, 5.74) is 6.83. The van der Waals surface area contributed by atoms with Gasteiger partial charge in [0.2, 0.25) is 5.82 Å². The van der Waals surface area contributed by atoms with Crippen LogP contribution in [0.3, 0.4) is 0 Å². The number of imidazole rings is 1. The summed E-state index contributed by atoms with van der Waals surface area (Å²) in [6, 6.07) is 0. The molecule has 0 spiro atoms. The molecule has 0 amide bonds. The molecule has 0 aliphatic carbocycles. The molecule has 4 N–H and O–H groups in total. The molecule has 1 aliphatic heterocycles.